The first kappa shape index (κ1) is 41.3. The number of halogens is 1. The minimum atomic E-state index is -0.273. The average Bonchev–Trinajstić information content (AvgIpc) is 3.14. The molecule has 3 aliphatic heterocycles. The SMILES string of the molecule is CNC1CN(C(c2ccccc2)c2ccccc2)C1.COC(=O)N(C)C1CN(C(c2ccccc2)c2ccccc2)C1.COC(=O)N(C)C1CNC1.Cl. The Hall–Kier alpha value is -4.45. The number of likely N-dealkylation sites (N-methyl/N-ethyl adjacent to an activating group) is 3. The van der Waals surface area contributed by atoms with E-state index in [1.54, 1.807) is 23.9 Å². The van der Waals surface area contributed by atoms with Crippen LogP contribution in [0.4, 0.5) is 9.59 Å². The molecule has 11 heteroatoms. The van der Waals surface area contributed by atoms with E-state index >= 15 is 0 Å². The number of ether oxygens (including phenoxy) is 2. The molecule has 3 heterocycles. The molecule has 4 aromatic carbocycles. The van der Waals surface area contributed by atoms with Crippen molar-refractivity contribution in [3.63, 3.8) is 0 Å². The molecule has 0 saturated carbocycles. The summed E-state index contributed by atoms with van der Waals surface area (Å²) in [5.74, 6) is 0. The van der Waals surface area contributed by atoms with Gasteiger partial charge in [0.05, 0.1) is 38.4 Å². The van der Waals surface area contributed by atoms with Gasteiger partial charge in [0, 0.05) is 59.4 Å². The number of carbonyl (C=O) groups excluding carboxylic acids is 2. The van der Waals surface area contributed by atoms with E-state index in [4.69, 9.17) is 4.74 Å². The van der Waals surface area contributed by atoms with Crippen molar-refractivity contribution in [3.8, 4) is 0 Å². The summed E-state index contributed by atoms with van der Waals surface area (Å²) in [5, 5.41) is 6.42. The van der Waals surface area contributed by atoms with E-state index in [0.29, 0.717) is 18.1 Å². The third-order valence-electron chi connectivity index (χ3n) is 10.2. The van der Waals surface area contributed by atoms with Gasteiger partial charge in [0.25, 0.3) is 0 Å². The molecular formula is C42H55ClN6O4. The second-order valence-corrected chi connectivity index (χ2v) is 13.5. The van der Waals surface area contributed by atoms with Gasteiger partial charge in [0.15, 0.2) is 0 Å². The molecule has 0 spiro atoms. The van der Waals surface area contributed by atoms with E-state index in [9.17, 15) is 9.59 Å². The fourth-order valence-electron chi connectivity index (χ4n) is 6.75. The average molecular weight is 743 g/mol. The van der Waals surface area contributed by atoms with Crippen LogP contribution in [0, 0.1) is 0 Å². The summed E-state index contributed by atoms with van der Waals surface area (Å²) in [7, 11) is 8.41. The van der Waals surface area contributed by atoms with Gasteiger partial charge in [-0.15, -0.1) is 12.4 Å². The predicted molar refractivity (Wildman–Crippen MR) is 213 cm³/mol. The second-order valence-electron chi connectivity index (χ2n) is 13.5. The van der Waals surface area contributed by atoms with Crippen LogP contribution >= 0.6 is 12.4 Å². The lowest BCUT2D eigenvalue weighted by molar-refractivity contribution is 0.0250. The van der Waals surface area contributed by atoms with Crippen LogP contribution in [0.5, 0.6) is 0 Å². The van der Waals surface area contributed by atoms with Crippen molar-refractivity contribution in [2.75, 3.05) is 74.6 Å². The van der Waals surface area contributed by atoms with Crippen LogP contribution in [-0.2, 0) is 9.47 Å². The Morgan fingerprint density at radius 3 is 1.21 bits per heavy atom. The monoisotopic (exact) mass is 742 g/mol. The van der Waals surface area contributed by atoms with E-state index in [1.165, 1.54) is 36.5 Å². The highest BCUT2D eigenvalue weighted by Crippen LogP contribution is 2.34. The van der Waals surface area contributed by atoms with E-state index in [1.807, 2.05) is 19.2 Å². The fraction of sp³-hybridized carbons (Fsp3) is 0.381. The van der Waals surface area contributed by atoms with Crippen molar-refractivity contribution in [2.24, 2.45) is 0 Å². The van der Waals surface area contributed by atoms with Gasteiger partial charge in [-0.05, 0) is 29.3 Å². The topological polar surface area (TPSA) is 89.6 Å². The largest absolute Gasteiger partial charge is 0.453 e. The number of nitrogens with zero attached hydrogens (tertiary/aromatic N) is 4. The van der Waals surface area contributed by atoms with Crippen LogP contribution in [0.3, 0.4) is 0 Å². The van der Waals surface area contributed by atoms with Crippen LogP contribution in [0.2, 0.25) is 0 Å². The number of likely N-dealkylation sites (tertiary alicyclic amines) is 2. The zero-order valence-electron chi connectivity index (χ0n) is 31.5. The maximum absolute atomic E-state index is 11.6. The highest BCUT2D eigenvalue weighted by Gasteiger charge is 2.38. The van der Waals surface area contributed by atoms with Crippen molar-refractivity contribution in [3.05, 3.63) is 144 Å². The number of amides is 2. The summed E-state index contributed by atoms with van der Waals surface area (Å²) >= 11 is 0. The van der Waals surface area contributed by atoms with E-state index in [0.717, 1.165) is 39.3 Å². The maximum Gasteiger partial charge on any atom is 0.409 e. The summed E-state index contributed by atoms with van der Waals surface area (Å²) in [6.45, 7) is 5.69. The van der Waals surface area contributed by atoms with Crippen molar-refractivity contribution >= 4 is 24.6 Å². The highest BCUT2D eigenvalue weighted by molar-refractivity contribution is 5.85. The Labute approximate surface area is 321 Å². The molecule has 10 nitrogen and oxygen atoms in total. The van der Waals surface area contributed by atoms with Gasteiger partial charge in [-0.1, -0.05) is 121 Å². The lowest BCUT2D eigenvalue weighted by Crippen LogP contribution is -2.60. The number of methoxy groups -OCH3 is 2. The molecular weight excluding hydrogens is 688 g/mol. The molecule has 3 aliphatic rings. The summed E-state index contributed by atoms with van der Waals surface area (Å²) < 4.78 is 9.33. The number of nitrogens with one attached hydrogen (secondary N) is 2. The maximum atomic E-state index is 11.6. The molecule has 4 aromatic rings. The smallest absolute Gasteiger partial charge is 0.409 e. The van der Waals surface area contributed by atoms with E-state index in [-0.39, 0.29) is 36.7 Å². The van der Waals surface area contributed by atoms with Crippen LogP contribution in [-0.4, -0.2) is 125 Å². The summed E-state index contributed by atoms with van der Waals surface area (Å²) in [6, 6.07) is 44.4. The molecule has 2 N–H and O–H groups in total. The Morgan fingerprint density at radius 1 is 0.604 bits per heavy atom. The lowest BCUT2D eigenvalue weighted by atomic mass is 9.93. The molecule has 3 fully saturated rings. The lowest BCUT2D eigenvalue weighted by Gasteiger charge is -2.47. The van der Waals surface area contributed by atoms with Gasteiger partial charge in [0.1, 0.15) is 0 Å². The number of hydrogen-bond donors (Lipinski definition) is 2. The zero-order valence-corrected chi connectivity index (χ0v) is 32.3. The quantitative estimate of drug-likeness (QED) is 0.219. The van der Waals surface area contributed by atoms with Gasteiger partial charge in [-0.3, -0.25) is 9.80 Å². The standard InChI is InChI=1S/C19H22N2O2.C17H20N2.C6H12N2O2.ClH/c1-20(19(22)23-2)17-13-21(14-17)18(15-9-5-3-6-10-15)16-11-7-4-8-12-16;1-18-16-12-19(13-16)17(14-8-4-2-5-9-14)15-10-6-3-7-11-15;1-8(6(9)10-2)5-3-7-4-5;/h3-12,17-18H,13-14H2,1-2H3;2-11,16-18H,12-13H2,1H3;5,7H,3-4H2,1-2H3;1H. The van der Waals surface area contributed by atoms with E-state index < -0.39 is 0 Å². The van der Waals surface area contributed by atoms with Crippen LogP contribution in [0.15, 0.2) is 121 Å². The van der Waals surface area contributed by atoms with Crippen LogP contribution in [0.25, 0.3) is 0 Å². The van der Waals surface area contributed by atoms with Crippen molar-refractivity contribution in [1.29, 1.82) is 0 Å². The van der Waals surface area contributed by atoms with Crippen LogP contribution < -0.4 is 10.6 Å². The Morgan fingerprint density at radius 2 is 0.925 bits per heavy atom. The third-order valence-corrected chi connectivity index (χ3v) is 10.2. The molecule has 0 aromatic heterocycles. The first-order chi connectivity index (χ1) is 25.3. The number of rotatable bonds is 9. The molecule has 0 radical (unpaired) electrons. The summed E-state index contributed by atoms with van der Waals surface area (Å²) in [5.41, 5.74) is 5.31. The molecule has 0 aliphatic carbocycles. The molecule has 284 valence electrons. The van der Waals surface area contributed by atoms with Crippen LogP contribution in [0.1, 0.15) is 34.3 Å². The van der Waals surface area contributed by atoms with Crippen molar-refractivity contribution in [1.82, 2.24) is 30.2 Å². The predicted octanol–water partition coefficient (Wildman–Crippen LogP) is 5.92. The Bertz CT molecular complexity index is 1560. The number of hydrogen-bond acceptors (Lipinski definition) is 8. The van der Waals surface area contributed by atoms with Crippen molar-refractivity contribution in [2.45, 2.75) is 30.2 Å². The van der Waals surface area contributed by atoms with Gasteiger partial charge in [-0.2, -0.15) is 0 Å². The van der Waals surface area contributed by atoms with E-state index in [2.05, 4.69) is 134 Å². The molecule has 0 unspecified atom stereocenters. The first-order valence-electron chi connectivity index (χ1n) is 18.0. The van der Waals surface area contributed by atoms with Gasteiger partial charge in [0.2, 0.25) is 0 Å². The molecule has 0 atom stereocenters. The third kappa shape index (κ3) is 10.8. The summed E-state index contributed by atoms with van der Waals surface area (Å²) in [4.78, 5) is 30.7. The fourth-order valence-corrected chi connectivity index (χ4v) is 6.75. The summed E-state index contributed by atoms with van der Waals surface area (Å²) in [6.07, 6.45) is -0.530. The second kappa shape index (κ2) is 20.7. The Balaban J connectivity index is 0.000000189. The number of carbonyl (C=O) groups is 2. The molecule has 7 rings (SSSR count). The van der Waals surface area contributed by atoms with Gasteiger partial charge in [-0.25, -0.2) is 9.59 Å². The Kier molecular flexibility index (Phi) is 16.1. The molecule has 0 bridgehead atoms. The molecule has 3 saturated heterocycles. The minimum absolute atomic E-state index is 0. The minimum Gasteiger partial charge on any atom is -0.453 e. The van der Waals surface area contributed by atoms with Crippen molar-refractivity contribution < 1.29 is 19.1 Å². The van der Waals surface area contributed by atoms with Gasteiger partial charge < -0.3 is 29.9 Å². The number of benzene rings is 4. The molecule has 53 heavy (non-hydrogen) atoms. The zero-order chi connectivity index (χ0) is 36.9. The highest BCUT2D eigenvalue weighted by atomic mass is 35.5. The molecule has 2 amide bonds. The first-order valence-corrected chi connectivity index (χ1v) is 18.0. The van der Waals surface area contributed by atoms with Gasteiger partial charge >= 0.3 is 12.2 Å². The normalized spacial score (nSPS) is 15.9.